The minimum absolute atomic E-state index is 0.182. The van der Waals surface area contributed by atoms with Crippen molar-refractivity contribution in [3.63, 3.8) is 0 Å². The molecule has 0 aromatic carbocycles. The maximum Gasteiger partial charge on any atom is 0.123 e. The number of morpholine rings is 1. The number of thiazole rings is 1. The lowest BCUT2D eigenvalue weighted by atomic mass is 10.2. The van der Waals surface area contributed by atoms with Crippen LogP contribution < -0.4 is 5.32 Å². The highest BCUT2D eigenvalue weighted by Crippen LogP contribution is 2.32. The van der Waals surface area contributed by atoms with E-state index in [1.165, 1.54) is 19.4 Å². The lowest BCUT2D eigenvalue weighted by molar-refractivity contribution is -0.0503. The van der Waals surface area contributed by atoms with Gasteiger partial charge in [-0.2, -0.15) is 0 Å². The van der Waals surface area contributed by atoms with E-state index in [0.717, 1.165) is 30.4 Å². The molecule has 3 rings (SSSR count). The first-order valence-electron chi connectivity index (χ1n) is 7.32. The SMILES string of the molecule is CCNC(C)c1csc(C2CN3CCCC3CO2)n1. The third kappa shape index (κ3) is 2.84. The van der Waals surface area contributed by atoms with Crippen molar-refractivity contribution in [2.24, 2.45) is 0 Å². The van der Waals surface area contributed by atoms with Crippen LogP contribution in [0.5, 0.6) is 0 Å². The van der Waals surface area contributed by atoms with Crippen molar-refractivity contribution in [2.45, 2.75) is 44.9 Å². The van der Waals surface area contributed by atoms with Gasteiger partial charge in [-0.15, -0.1) is 11.3 Å². The van der Waals surface area contributed by atoms with Crippen LogP contribution >= 0.6 is 11.3 Å². The predicted octanol–water partition coefficient (Wildman–Crippen LogP) is 2.35. The van der Waals surface area contributed by atoms with E-state index in [9.17, 15) is 0 Å². The molecule has 1 aromatic heterocycles. The lowest BCUT2D eigenvalue weighted by Crippen LogP contribution is -2.42. The summed E-state index contributed by atoms with van der Waals surface area (Å²) >= 11 is 1.74. The summed E-state index contributed by atoms with van der Waals surface area (Å²) in [6.45, 7) is 8.40. The van der Waals surface area contributed by atoms with Crippen LogP contribution in [0.25, 0.3) is 0 Å². The number of fused-ring (bicyclic) bond motifs is 1. The minimum atomic E-state index is 0.182. The topological polar surface area (TPSA) is 37.4 Å². The maximum atomic E-state index is 6.02. The van der Waals surface area contributed by atoms with E-state index in [0.29, 0.717) is 12.1 Å². The molecule has 106 valence electrons. The quantitative estimate of drug-likeness (QED) is 0.919. The van der Waals surface area contributed by atoms with Crippen molar-refractivity contribution in [2.75, 3.05) is 26.2 Å². The second-order valence-corrected chi connectivity index (χ2v) is 6.39. The van der Waals surface area contributed by atoms with E-state index in [1.54, 1.807) is 11.3 Å². The van der Waals surface area contributed by atoms with Gasteiger partial charge < -0.3 is 10.1 Å². The molecule has 2 aliphatic rings. The number of rotatable bonds is 4. The summed E-state index contributed by atoms with van der Waals surface area (Å²) < 4.78 is 6.02. The fraction of sp³-hybridized carbons (Fsp3) is 0.786. The third-order valence-electron chi connectivity index (χ3n) is 4.16. The predicted molar refractivity (Wildman–Crippen MR) is 77.5 cm³/mol. The van der Waals surface area contributed by atoms with Crippen LogP contribution in [0.3, 0.4) is 0 Å². The van der Waals surface area contributed by atoms with E-state index in [4.69, 9.17) is 9.72 Å². The normalized spacial score (nSPS) is 29.4. The lowest BCUT2D eigenvalue weighted by Gasteiger charge is -2.34. The molecule has 0 saturated carbocycles. The van der Waals surface area contributed by atoms with Crippen LogP contribution in [-0.2, 0) is 4.74 Å². The Morgan fingerprint density at radius 2 is 2.53 bits per heavy atom. The van der Waals surface area contributed by atoms with Gasteiger partial charge in [0.15, 0.2) is 0 Å². The molecule has 3 unspecified atom stereocenters. The Morgan fingerprint density at radius 1 is 1.63 bits per heavy atom. The third-order valence-corrected chi connectivity index (χ3v) is 5.11. The zero-order valence-corrected chi connectivity index (χ0v) is 12.6. The first kappa shape index (κ1) is 13.5. The molecule has 5 heteroatoms. The van der Waals surface area contributed by atoms with Crippen LogP contribution in [0.1, 0.15) is 49.5 Å². The Morgan fingerprint density at radius 3 is 3.37 bits per heavy atom. The fourth-order valence-corrected chi connectivity index (χ4v) is 3.98. The van der Waals surface area contributed by atoms with Gasteiger partial charge in [-0.1, -0.05) is 6.92 Å². The first-order chi connectivity index (χ1) is 9.28. The molecule has 0 amide bonds. The van der Waals surface area contributed by atoms with Gasteiger partial charge in [-0.05, 0) is 32.9 Å². The maximum absolute atomic E-state index is 6.02. The highest BCUT2D eigenvalue weighted by atomic mass is 32.1. The van der Waals surface area contributed by atoms with Crippen molar-refractivity contribution < 1.29 is 4.74 Å². The monoisotopic (exact) mass is 281 g/mol. The van der Waals surface area contributed by atoms with Crippen molar-refractivity contribution in [1.29, 1.82) is 0 Å². The van der Waals surface area contributed by atoms with Gasteiger partial charge in [0, 0.05) is 24.0 Å². The second-order valence-electron chi connectivity index (χ2n) is 5.50. The van der Waals surface area contributed by atoms with Crippen molar-refractivity contribution in [1.82, 2.24) is 15.2 Å². The van der Waals surface area contributed by atoms with Gasteiger partial charge in [0.1, 0.15) is 11.1 Å². The molecule has 2 aliphatic heterocycles. The Labute approximate surface area is 119 Å². The van der Waals surface area contributed by atoms with Gasteiger partial charge in [-0.3, -0.25) is 4.90 Å². The molecule has 2 saturated heterocycles. The summed E-state index contributed by atoms with van der Waals surface area (Å²) in [5.41, 5.74) is 1.15. The smallest absolute Gasteiger partial charge is 0.123 e. The molecule has 0 aliphatic carbocycles. The molecular weight excluding hydrogens is 258 g/mol. The summed E-state index contributed by atoms with van der Waals surface area (Å²) in [4.78, 5) is 7.34. The molecule has 2 fully saturated rings. The highest BCUT2D eigenvalue weighted by Gasteiger charge is 2.34. The number of nitrogens with one attached hydrogen (secondary N) is 1. The summed E-state index contributed by atoms with van der Waals surface area (Å²) in [5.74, 6) is 0. The average molecular weight is 281 g/mol. The van der Waals surface area contributed by atoms with Gasteiger partial charge in [0.2, 0.25) is 0 Å². The van der Waals surface area contributed by atoms with E-state index in [2.05, 4.69) is 29.4 Å². The summed E-state index contributed by atoms with van der Waals surface area (Å²) in [6, 6.07) is 0.995. The van der Waals surface area contributed by atoms with Crippen LogP contribution in [0.2, 0.25) is 0 Å². The Kier molecular flexibility index (Phi) is 4.17. The number of nitrogens with zero attached hydrogens (tertiary/aromatic N) is 2. The molecule has 1 aromatic rings. The molecule has 3 atom stereocenters. The molecule has 4 nitrogen and oxygen atoms in total. The molecule has 19 heavy (non-hydrogen) atoms. The van der Waals surface area contributed by atoms with Crippen LogP contribution in [0, 0.1) is 0 Å². The zero-order valence-electron chi connectivity index (χ0n) is 11.8. The number of hydrogen-bond acceptors (Lipinski definition) is 5. The van der Waals surface area contributed by atoms with E-state index in [1.807, 2.05) is 0 Å². The van der Waals surface area contributed by atoms with Gasteiger partial charge in [0.05, 0.1) is 12.3 Å². The van der Waals surface area contributed by atoms with Crippen molar-refractivity contribution in [3.8, 4) is 0 Å². The Bertz CT molecular complexity index is 423. The van der Waals surface area contributed by atoms with Gasteiger partial charge in [-0.25, -0.2) is 4.98 Å². The molecule has 0 spiro atoms. The van der Waals surface area contributed by atoms with E-state index >= 15 is 0 Å². The van der Waals surface area contributed by atoms with Gasteiger partial charge in [0.25, 0.3) is 0 Å². The molecular formula is C14H23N3OS. The molecule has 0 bridgehead atoms. The average Bonchev–Trinajstić information content (AvgIpc) is 3.07. The fourth-order valence-electron chi connectivity index (χ4n) is 3.02. The van der Waals surface area contributed by atoms with Crippen LogP contribution in [0.15, 0.2) is 5.38 Å². The summed E-state index contributed by atoms with van der Waals surface area (Å²) in [6.07, 6.45) is 2.80. The number of hydrogen-bond donors (Lipinski definition) is 1. The molecule has 0 radical (unpaired) electrons. The van der Waals surface area contributed by atoms with E-state index < -0.39 is 0 Å². The van der Waals surface area contributed by atoms with Gasteiger partial charge >= 0.3 is 0 Å². The minimum Gasteiger partial charge on any atom is -0.368 e. The van der Waals surface area contributed by atoms with Crippen LogP contribution in [0.4, 0.5) is 0 Å². The summed E-state index contributed by atoms with van der Waals surface area (Å²) in [7, 11) is 0. The Balaban J connectivity index is 1.66. The highest BCUT2D eigenvalue weighted by molar-refractivity contribution is 7.09. The molecule has 1 N–H and O–H groups in total. The zero-order chi connectivity index (χ0) is 13.2. The number of ether oxygens (including phenoxy) is 1. The van der Waals surface area contributed by atoms with E-state index in [-0.39, 0.29) is 6.10 Å². The van der Waals surface area contributed by atoms with Crippen molar-refractivity contribution in [3.05, 3.63) is 16.1 Å². The largest absolute Gasteiger partial charge is 0.368 e. The number of aromatic nitrogens is 1. The standard InChI is InChI=1S/C14H23N3OS/c1-3-15-10(2)12-9-19-14(16-12)13-7-17-6-4-5-11(17)8-18-13/h9-11,13,15H,3-8H2,1-2H3. The van der Waals surface area contributed by atoms with Crippen LogP contribution in [-0.4, -0.2) is 42.2 Å². The Hall–Kier alpha value is -0.490. The van der Waals surface area contributed by atoms with Crippen molar-refractivity contribution >= 4 is 11.3 Å². The summed E-state index contributed by atoms with van der Waals surface area (Å²) in [5, 5.41) is 6.72. The first-order valence-corrected chi connectivity index (χ1v) is 8.20. The second kappa shape index (κ2) is 5.87. The molecule has 3 heterocycles.